The van der Waals surface area contributed by atoms with Crippen LogP contribution in [0.3, 0.4) is 0 Å². The molecule has 6 heteroatoms. The van der Waals surface area contributed by atoms with Gasteiger partial charge in [0.05, 0.1) is 6.20 Å². The lowest BCUT2D eigenvalue weighted by Gasteiger charge is -2.00. The molecule has 0 aromatic carbocycles. The van der Waals surface area contributed by atoms with Crippen LogP contribution in [0.1, 0.15) is 37.6 Å². The third-order valence-electron chi connectivity index (χ3n) is 2.50. The molecule has 0 amide bonds. The molecule has 0 spiro atoms. The van der Waals surface area contributed by atoms with Gasteiger partial charge in [-0.3, -0.25) is 4.68 Å². The smallest absolute Gasteiger partial charge is 0.174 e. The molecule has 0 atom stereocenters. The van der Waals surface area contributed by atoms with E-state index < -0.39 is 0 Å². The van der Waals surface area contributed by atoms with Gasteiger partial charge in [-0.05, 0) is 17.9 Å². The van der Waals surface area contributed by atoms with Gasteiger partial charge in [0, 0.05) is 19.2 Å². The Hall–Kier alpha value is -1.72. The lowest BCUT2D eigenvalue weighted by Crippen LogP contribution is -2.00. The second-order valence-electron chi connectivity index (χ2n) is 4.12. The second kappa shape index (κ2) is 4.87. The fourth-order valence-corrected chi connectivity index (χ4v) is 1.49. The minimum Gasteiger partial charge on any atom is -0.272 e. The Balaban J connectivity index is 1.81. The normalized spacial score (nSPS) is 11.2. The third kappa shape index (κ3) is 2.65. The van der Waals surface area contributed by atoms with Crippen molar-refractivity contribution in [3.63, 3.8) is 0 Å². The third-order valence-corrected chi connectivity index (χ3v) is 2.50. The summed E-state index contributed by atoms with van der Waals surface area (Å²) in [5.41, 5.74) is 1.28. The molecule has 0 saturated carbocycles. The van der Waals surface area contributed by atoms with E-state index in [9.17, 15) is 0 Å². The number of tetrazole rings is 1. The van der Waals surface area contributed by atoms with Crippen LogP contribution in [-0.2, 0) is 13.0 Å². The topological polar surface area (TPSA) is 72.3 Å². The van der Waals surface area contributed by atoms with Crippen molar-refractivity contribution in [2.45, 2.75) is 39.2 Å². The molecular weight excluding hydrogens is 204 g/mol. The van der Waals surface area contributed by atoms with E-state index in [2.05, 4.69) is 45.8 Å². The zero-order chi connectivity index (χ0) is 11.4. The van der Waals surface area contributed by atoms with Gasteiger partial charge >= 0.3 is 0 Å². The van der Waals surface area contributed by atoms with Crippen molar-refractivity contribution in [3.05, 3.63) is 23.8 Å². The standard InChI is InChI=1S/C10H16N6/c1-8(2)9-6-11-16(7-9)5-3-4-10-12-14-15-13-10/h6-8H,3-5H2,1-2H3,(H,12,13,14,15). The molecule has 6 nitrogen and oxygen atoms in total. The van der Waals surface area contributed by atoms with Gasteiger partial charge in [0.15, 0.2) is 5.82 Å². The Morgan fingerprint density at radius 1 is 1.44 bits per heavy atom. The van der Waals surface area contributed by atoms with Crippen LogP contribution in [0, 0.1) is 0 Å². The highest BCUT2D eigenvalue weighted by Crippen LogP contribution is 2.12. The van der Waals surface area contributed by atoms with Crippen LogP contribution in [0.25, 0.3) is 0 Å². The molecule has 0 unspecified atom stereocenters. The first-order valence-electron chi connectivity index (χ1n) is 5.50. The SMILES string of the molecule is CC(C)c1cnn(CCCc2nn[nH]n2)c1. The summed E-state index contributed by atoms with van der Waals surface area (Å²) in [6.07, 6.45) is 5.83. The molecule has 2 aromatic heterocycles. The van der Waals surface area contributed by atoms with Crippen LogP contribution < -0.4 is 0 Å². The Labute approximate surface area is 94.1 Å². The molecule has 2 rings (SSSR count). The Bertz CT molecular complexity index is 416. The number of aromatic nitrogens is 6. The summed E-state index contributed by atoms with van der Waals surface area (Å²) in [5.74, 6) is 1.29. The zero-order valence-corrected chi connectivity index (χ0v) is 9.59. The average Bonchev–Trinajstić information content (AvgIpc) is 2.87. The molecule has 2 aromatic rings. The predicted molar refractivity (Wildman–Crippen MR) is 58.8 cm³/mol. The number of hydrogen-bond donors (Lipinski definition) is 1. The van der Waals surface area contributed by atoms with Crippen molar-refractivity contribution < 1.29 is 0 Å². The number of rotatable bonds is 5. The summed E-state index contributed by atoms with van der Waals surface area (Å²) in [6.45, 7) is 5.22. The minimum absolute atomic E-state index is 0.533. The highest BCUT2D eigenvalue weighted by molar-refractivity contribution is 5.08. The van der Waals surface area contributed by atoms with E-state index in [4.69, 9.17) is 0 Å². The van der Waals surface area contributed by atoms with Crippen LogP contribution >= 0.6 is 0 Å². The van der Waals surface area contributed by atoms with Gasteiger partial charge in [-0.25, -0.2) is 0 Å². The lowest BCUT2D eigenvalue weighted by atomic mass is 10.1. The van der Waals surface area contributed by atoms with Crippen molar-refractivity contribution in [2.75, 3.05) is 0 Å². The molecule has 0 aliphatic rings. The highest BCUT2D eigenvalue weighted by atomic mass is 15.5. The summed E-state index contributed by atoms with van der Waals surface area (Å²) < 4.78 is 1.97. The van der Waals surface area contributed by atoms with Gasteiger partial charge in [0.25, 0.3) is 0 Å². The fraction of sp³-hybridized carbons (Fsp3) is 0.600. The minimum atomic E-state index is 0.533. The second-order valence-corrected chi connectivity index (χ2v) is 4.12. The summed E-state index contributed by atoms with van der Waals surface area (Å²) >= 11 is 0. The van der Waals surface area contributed by atoms with Gasteiger partial charge in [0.2, 0.25) is 0 Å². The number of aromatic amines is 1. The molecule has 0 fully saturated rings. The van der Waals surface area contributed by atoms with Gasteiger partial charge in [-0.1, -0.05) is 19.1 Å². The van der Waals surface area contributed by atoms with Crippen LogP contribution in [-0.4, -0.2) is 30.4 Å². The largest absolute Gasteiger partial charge is 0.272 e. The average molecular weight is 220 g/mol. The van der Waals surface area contributed by atoms with Gasteiger partial charge in [0.1, 0.15) is 0 Å². The van der Waals surface area contributed by atoms with E-state index in [1.807, 2.05) is 10.9 Å². The molecule has 16 heavy (non-hydrogen) atoms. The number of H-pyrrole nitrogens is 1. The van der Waals surface area contributed by atoms with Crippen molar-refractivity contribution >= 4 is 0 Å². The summed E-state index contributed by atoms with van der Waals surface area (Å²) in [4.78, 5) is 0. The number of nitrogens with one attached hydrogen (secondary N) is 1. The van der Waals surface area contributed by atoms with Gasteiger partial charge < -0.3 is 0 Å². The first-order chi connectivity index (χ1) is 7.75. The van der Waals surface area contributed by atoms with Crippen molar-refractivity contribution in [3.8, 4) is 0 Å². The molecule has 0 aliphatic carbocycles. The van der Waals surface area contributed by atoms with E-state index in [1.54, 1.807) is 0 Å². The number of aryl methyl sites for hydroxylation is 2. The summed E-state index contributed by atoms with van der Waals surface area (Å²) in [6, 6.07) is 0. The first-order valence-corrected chi connectivity index (χ1v) is 5.50. The maximum absolute atomic E-state index is 4.31. The van der Waals surface area contributed by atoms with Crippen LogP contribution in [0.5, 0.6) is 0 Å². The molecule has 1 N–H and O–H groups in total. The molecule has 0 saturated heterocycles. The molecule has 0 bridgehead atoms. The fourth-order valence-electron chi connectivity index (χ4n) is 1.49. The zero-order valence-electron chi connectivity index (χ0n) is 9.59. The maximum Gasteiger partial charge on any atom is 0.174 e. The van der Waals surface area contributed by atoms with E-state index in [1.165, 1.54) is 5.56 Å². The Kier molecular flexibility index (Phi) is 3.28. The summed E-state index contributed by atoms with van der Waals surface area (Å²) in [7, 11) is 0. The lowest BCUT2D eigenvalue weighted by molar-refractivity contribution is 0.570. The molecule has 86 valence electrons. The molecular formula is C10H16N6. The van der Waals surface area contributed by atoms with Crippen LogP contribution in [0.2, 0.25) is 0 Å². The Morgan fingerprint density at radius 2 is 2.31 bits per heavy atom. The van der Waals surface area contributed by atoms with Crippen molar-refractivity contribution in [1.82, 2.24) is 30.4 Å². The number of nitrogens with zero attached hydrogens (tertiary/aromatic N) is 5. The van der Waals surface area contributed by atoms with E-state index in [-0.39, 0.29) is 0 Å². The van der Waals surface area contributed by atoms with E-state index in [0.29, 0.717) is 5.92 Å². The van der Waals surface area contributed by atoms with E-state index >= 15 is 0 Å². The summed E-state index contributed by atoms with van der Waals surface area (Å²) in [5, 5.41) is 18.1. The number of hydrogen-bond acceptors (Lipinski definition) is 4. The van der Waals surface area contributed by atoms with Crippen molar-refractivity contribution in [1.29, 1.82) is 0 Å². The van der Waals surface area contributed by atoms with Crippen LogP contribution in [0.4, 0.5) is 0 Å². The van der Waals surface area contributed by atoms with Crippen LogP contribution in [0.15, 0.2) is 12.4 Å². The predicted octanol–water partition coefficient (Wildman–Crippen LogP) is 1.15. The first kappa shape index (κ1) is 10.8. The molecule has 2 heterocycles. The Morgan fingerprint density at radius 3 is 2.94 bits per heavy atom. The molecule has 0 aliphatic heterocycles. The maximum atomic E-state index is 4.31. The van der Waals surface area contributed by atoms with Gasteiger partial charge in [-0.15, -0.1) is 10.2 Å². The highest BCUT2D eigenvalue weighted by Gasteiger charge is 2.03. The molecule has 0 radical (unpaired) electrons. The monoisotopic (exact) mass is 220 g/mol. The quantitative estimate of drug-likeness (QED) is 0.820. The van der Waals surface area contributed by atoms with Crippen molar-refractivity contribution in [2.24, 2.45) is 0 Å². The van der Waals surface area contributed by atoms with Gasteiger partial charge in [-0.2, -0.15) is 10.3 Å². The van der Waals surface area contributed by atoms with E-state index in [0.717, 1.165) is 25.2 Å².